The first-order valence-corrected chi connectivity index (χ1v) is 9.54. The van der Waals surface area contributed by atoms with Crippen LogP contribution in [0.3, 0.4) is 0 Å². The second-order valence-electron chi connectivity index (χ2n) is 6.58. The maximum absolute atomic E-state index is 12.6. The van der Waals surface area contributed by atoms with E-state index in [9.17, 15) is 4.79 Å². The maximum Gasteiger partial charge on any atom is 0.255 e. The van der Waals surface area contributed by atoms with Gasteiger partial charge in [0.1, 0.15) is 5.75 Å². The van der Waals surface area contributed by atoms with Gasteiger partial charge in [-0.25, -0.2) is 0 Å². The summed E-state index contributed by atoms with van der Waals surface area (Å²) in [7, 11) is 1.68. The van der Waals surface area contributed by atoms with Crippen LogP contribution in [-0.4, -0.2) is 62.2 Å². The number of aromatic nitrogens is 1. The van der Waals surface area contributed by atoms with Crippen molar-refractivity contribution in [3.8, 4) is 5.75 Å². The van der Waals surface area contributed by atoms with E-state index >= 15 is 0 Å². The lowest BCUT2D eigenvalue weighted by Gasteiger charge is -2.37. The average molecular weight is 368 g/mol. The second kappa shape index (κ2) is 8.75. The minimum absolute atomic E-state index is 0.0474. The Balaban J connectivity index is 1.65. The molecule has 2 heterocycles. The molecule has 1 aliphatic rings. The molecule has 2 aromatic rings. The third-order valence-corrected chi connectivity index (χ3v) is 5.10. The lowest BCUT2D eigenvalue weighted by Crippen LogP contribution is -2.46. The Morgan fingerprint density at radius 2 is 1.59 bits per heavy atom. The molecule has 0 radical (unpaired) electrons. The van der Waals surface area contributed by atoms with Crippen LogP contribution >= 0.6 is 0 Å². The Hall–Kier alpha value is -2.76. The number of hydrogen-bond donors (Lipinski definition) is 0. The minimum Gasteiger partial charge on any atom is -0.497 e. The summed E-state index contributed by atoms with van der Waals surface area (Å²) in [4.78, 5) is 23.4. The van der Waals surface area contributed by atoms with Gasteiger partial charge >= 0.3 is 0 Å². The van der Waals surface area contributed by atoms with Crippen LogP contribution in [-0.2, 0) is 0 Å². The van der Waals surface area contributed by atoms with Crippen LogP contribution in [0.4, 0.5) is 11.4 Å². The van der Waals surface area contributed by atoms with Gasteiger partial charge in [0.25, 0.3) is 5.91 Å². The lowest BCUT2D eigenvalue weighted by molar-refractivity contribution is 0.0772. The minimum atomic E-state index is 0.0474. The largest absolute Gasteiger partial charge is 0.497 e. The Labute approximate surface area is 161 Å². The number of amides is 1. The summed E-state index contributed by atoms with van der Waals surface area (Å²) in [5.41, 5.74) is 2.88. The zero-order valence-electron chi connectivity index (χ0n) is 16.4. The van der Waals surface area contributed by atoms with Crippen molar-refractivity contribution in [3.05, 3.63) is 48.3 Å². The fourth-order valence-corrected chi connectivity index (χ4v) is 3.43. The SMILES string of the molecule is CCN(CC)C(=O)c1cncc(N2CCN(c3ccc(OC)cc3)CC2)c1. The highest BCUT2D eigenvalue weighted by Gasteiger charge is 2.20. The number of hydrogen-bond acceptors (Lipinski definition) is 5. The van der Waals surface area contributed by atoms with Crippen molar-refractivity contribution < 1.29 is 9.53 Å². The van der Waals surface area contributed by atoms with Gasteiger partial charge in [-0.15, -0.1) is 0 Å². The first-order valence-electron chi connectivity index (χ1n) is 9.54. The van der Waals surface area contributed by atoms with E-state index in [-0.39, 0.29) is 5.91 Å². The number of benzene rings is 1. The normalized spacial score (nSPS) is 14.2. The molecular weight excluding hydrogens is 340 g/mol. The quantitative estimate of drug-likeness (QED) is 0.785. The first kappa shape index (κ1) is 19.0. The molecule has 0 bridgehead atoms. The molecule has 1 aromatic heterocycles. The molecule has 0 unspecified atom stereocenters. The first-order chi connectivity index (χ1) is 13.2. The van der Waals surface area contributed by atoms with Crippen LogP contribution in [0.25, 0.3) is 0 Å². The molecular formula is C21H28N4O2. The van der Waals surface area contributed by atoms with E-state index in [4.69, 9.17) is 4.74 Å². The molecule has 27 heavy (non-hydrogen) atoms. The van der Waals surface area contributed by atoms with Gasteiger partial charge in [-0.3, -0.25) is 9.78 Å². The van der Waals surface area contributed by atoms with E-state index in [2.05, 4.69) is 26.9 Å². The van der Waals surface area contributed by atoms with Crippen molar-refractivity contribution in [1.29, 1.82) is 0 Å². The third kappa shape index (κ3) is 4.32. The topological polar surface area (TPSA) is 48.9 Å². The molecule has 6 heteroatoms. The predicted octanol–water partition coefficient (Wildman–Crippen LogP) is 2.90. The molecule has 0 N–H and O–H groups in total. The molecule has 3 rings (SSSR count). The van der Waals surface area contributed by atoms with Crippen molar-refractivity contribution in [2.75, 3.05) is 56.2 Å². The van der Waals surface area contributed by atoms with Gasteiger partial charge in [0.05, 0.1) is 24.6 Å². The van der Waals surface area contributed by atoms with Gasteiger partial charge in [-0.1, -0.05) is 0 Å². The zero-order valence-corrected chi connectivity index (χ0v) is 16.4. The van der Waals surface area contributed by atoms with Gasteiger partial charge in [0.15, 0.2) is 0 Å². The molecule has 1 amide bonds. The summed E-state index contributed by atoms with van der Waals surface area (Å²) in [6.45, 7) is 9.07. The summed E-state index contributed by atoms with van der Waals surface area (Å²) in [5, 5.41) is 0. The number of piperazine rings is 1. The van der Waals surface area contributed by atoms with Gasteiger partial charge < -0.3 is 19.4 Å². The lowest BCUT2D eigenvalue weighted by atomic mass is 10.2. The Kier molecular flexibility index (Phi) is 6.16. The van der Waals surface area contributed by atoms with Crippen LogP contribution in [0.1, 0.15) is 24.2 Å². The number of carbonyl (C=O) groups excluding carboxylic acids is 1. The number of pyridine rings is 1. The molecule has 1 aliphatic heterocycles. The number of ether oxygens (including phenoxy) is 1. The summed E-state index contributed by atoms with van der Waals surface area (Å²) in [6.07, 6.45) is 3.51. The van der Waals surface area contributed by atoms with Crippen LogP contribution in [0.15, 0.2) is 42.7 Å². The van der Waals surface area contributed by atoms with Gasteiger partial charge in [-0.2, -0.15) is 0 Å². The van der Waals surface area contributed by atoms with Crippen LogP contribution in [0, 0.1) is 0 Å². The monoisotopic (exact) mass is 368 g/mol. The molecule has 1 saturated heterocycles. The fraction of sp³-hybridized carbons (Fsp3) is 0.429. The molecule has 0 spiro atoms. The summed E-state index contributed by atoms with van der Waals surface area (Å²) < 4.78 is 5.23. The summed E-state index contributed by atoms with van der Waals surface area (Å²) in [5.74, 6) is 0.921. The van der Waals surface area contributed by atoms with Crippen molar-refractivity contribution in [2.45, 2.75) is 13.8 Å². The van der Waals surface area contributed by atoms with Crippen molar-refractivity contribution in [1.82, 2.24) is 9.88 Å². The average Bonchev–Trinajstić information content (AvgIpc) is 2.75. The van der Waals surface area contributed by atoms with Crippen LogP contribution < -0.4 is 14.5 Å². The Morgan fingerprint density at radius 1 is 1.00 bits per heavy atom. The van der Waals surface area contributed by atoms with Gasteiger partial charge in [-0.05, 0) is 44.2 Å². The van der Waals surface area contributed by atoms with E-state index in [1.807, 2.05) is 43.1 Å². The Morgan fingerprint density at radius 3 is 2.15 bits per heavy atom. The van der Waals surface area contributed by atoms with Gasteiger partial charge in [0, 0.05) is 51.2 Å². The van der Waals surface area contributed by atoms with E-state index in [0.29, 0.717) is 18.7 Å². The van der Waals surface area contributed by atoms with E-state index in [1.54, 1.807) is 13.3 Å². The summed E-state index contributed by atoms with van der Waals surface area (Å²) >= 11 is 0. The van der Waals surface area contributed by atoms with Gasteiger partial charge in [0.2, 0.25) is 0 Å². The predicted molar refractivity (Wildman–Crippen MR) is 109 cm³/mol. The number of carbonyl (C=O) groups is 1. The molecule has 0 aliphatic carbocycles. The molecule has 1 aromatic carbocycles. The molecule has 0 atom stereocenters. The van der Waals surface area contributed by atoms with Crippen molar-refractivity contribution in [3.63, 3.8) is 0 Å². The maximum atomic E-state index is 12.6. The van der Waals surface area contributed by atoms with Crippen LogP contribution in [0.5, 0.6) is 5.75 Å². The number of rotatable bonds is 6. The third-order valence-electron chi connectivity index (χ3n) is 5.10. The number of nitrogens with zero attached hydrogens (tertiary/aromatic N) is 4. The highest BCUT2D eigenvalue weighted by atomic mass is 16.5. The van der Waals surface area contributed by atoms with E-state index in [0.717, 1.165) is 37.6 Å². The standard InChI is InChI=1S/C21H28N4O2/c1-4-23(5-2)21(26)17-14-19(16-22-15-17)25-12-10-24(11-13-25)18-6-8-20(27-3)9-7-18/h6-9,14-16H,4-5,10-13H2,1-3H3. The number of anilines is 2. The highest BCUT2D eigenvalue weighted by molar-refractivity contribution is 5.94. The molecule has 1 fully saturated rings. The number of methoxy groups -OCH3 is 1. The molecule has 144 valence electrons. The van der Waals surface area contributed by atoms with E-state index in [1.165, 1.54) is 5.69 Å². The smallest absolute Gasteiger partial charge is 0.255 e. The molecule has 0 saturated carbocycles. The van der Waals surface area contributed by atoms with Crippen LogP contribution in [0.2, 0.25) is 0 Å². The Bertz CT molecular complexity index is 751. The molecule has 6 nitrogen and oxygen atoms in total. The zero-order chi connectivity index (χ0) is 19.2. The van der Waals surface area contributed by atoms with Crippen molar-refractivity contribution >= 4 is 17.3 Å². The van der Waals surface area contributed by atoms with E-state index < -0.39 is 0 Å². The second-order valence-corrected chi connectivity index (χ2v) is 6.58. The summed E-state index contributed by atoms with van der Waals surface area (Å²) in [6, 6.07) is 10.2. The highest BCUT2D eigenvalue weighted by Crippen LogP contribution is 2.23. The van der Waals surface area contributed by atoms with Crippen molar-refractivity contribution in [2.24, 2.45) is 0 Å². The fourth-order valence-electron chi connectivity index (χ4n) is 3.43.